The summed E-state index contributed by atoms with van der Waals surface area (Å²) >= 11 is 5.98. The number of hydrogen-bond acceptors (Lipinski definition) is 1. The van der Waals surface area contributed by atoms with Gasteiger partial charge in [-0.05, 0) is 43.4 Å². The summed E-state index contributed by atoms with van der Waals surface area (Å²) in [6.07, 6.45) is 7.97. The van der Waals surface area contributed by atoms with Crippen molar-refractivity contribution in [2.24, 2.45) is 0 Å². The van der Waals surface area contributed by atoms with Crippen LogP contribution in [0.25, 0.3) is 0 Å². The lowest BCUT2D eigenvalue weighted by atomic mass is 9.63. The molecule has 0 aromatic heterocycles. The molecular formula is C17H22ClNO. The monoisotopic (exact) mass is 291 g/mol. The second-order valence-corrected chi connectivity index (χ2v) is 6.59. The molecular weight excluding hydrogens is 270 g/mol. The van der Waals surface area contributed by atoms with Gasteiger partial charge in [0.1, 0.15) is 0 Å². The summed E-state index contributed by atoms with van der Waals surface area (Å²) in [5, 5.41) is 0.741. The maximum atomic E-state index is 13.0. The Kier molecular flexibility index (Phi) is 4.02. The number of carbonyl (C=O) groups excluding carboxylic acids is 1. The van der Waals surface area contributed by atoms with E-state index in [1.807, 2.05) is 24.3 Å². The van der Waals surface area contributed by atoms with Crippen LogP contribution in [0.5, 0.6) is 0 Å². The predicted molar refractivity (Wildman–Crippen MR) is 82.0 cm³/mol. The highest BCUT2D eigenvalue weighted by atomic mass is 35.5. The van der Waals surface area contributed by atoms with Crippen LogP contribution in [-0.2, 0) is 10.2 Å². The number of carbonyl (C=O) groups is 1. The zero-order valence-electron chi connectivity index (χ0n) is 11.9. The Morgan fingerprint density at radius 1 is 0.950 bits per heavy atom. The van der Waals surface area contributed by atoms with Gasteiger partial charge in [0.15, 0.2) is 0 Å². The van der Waals surface area contributed by atoms with E-state index in [0.29, 0.717) is 5.91 Å². The van der Waals surface area contributed by atoms with E-state index in [-0.39, 0.29) is 5.41 Å². The largest absolute Gasteiger partial charge is 0.342 e. The Labute approximate surface area is 126 Å². The minimum atomic E-state index is -0.255. The van der Waals surface area contributed by atoms with Crippen molar-refractivity contribution in [3.63, 3.8) is 0 Å². The Hall–Kier alpha value is -1.02. The van der Waals surface area contributed by atoms with Crippen LogP contribution in [0, 0.1) is 0 Å². The third-order valence-electron chi connectivity index (χ3n) is 4.91. The van der Waals surface area contributed by atoms with Gasteiger partial charge in [0.25, 0.3) is 0 Å². The highest BCUT2D eigenvalue weighted by Gasteiger charge is 2.47. The number of halogens is 1. The minimum absolute atomic E-state index is 0.255. The van der Waals surface area contributed by atoms with Crippen LogP contribution in [-0.4, -0.2) is 23.9 Å². The van der Waals surface area contributed by atoms with Crippen molar-refractivity contribution in [1.82, 2.24) is 4.90 Å². The number of nitrogens with zero attached hydrogens (tertiary/aromatic N) is 1. The summed E-state index contributed by atoms with van der Waals surface area (Å²) in [7, 11) is 0. The molecule has 1 aromatic carbocycles. The SMILES string of the molecule is O=C(N1CCCCCC1)C1(c2ccc(Cl)cc2)CCC1. The van der Waals surface area contributed by atoms with Crippen LogP contribution in [0.4, 0.5) is 0 Å². The first kappa shape index (κ1) is 13.9. The molecule has 0 bridgehead atoms. The van der Waals surface area contributed by atoms with Crippen molar-refractivity contribution >= 4 is 17.5 Å². The molecule has 3 heteroatoms. The lowest BCUT2D eigenvalue weighted by molar-refractivity contribution is -0.140. The number of rotatable bonds is 2. The van der Waals surface area contributed by atoms with Gasteiger partial charge >= 0.3 is 0 Å². The standard InChI is InChI=1S/C17H22ClNO/c18-15-8-6-14(7-9-15)17(10-5-11-17)16(20)19-12-3-1-2-4-13-19/h6-9H,1-5,10-13H2. The average molecular weight is 292 g/mol. The van der Waals surface area contributed by atoms with E-state index in [9.17, 15) is 4.79 Å². The van der Waals surface area contributed by atoms with Crippen molar-refractivity contribution < 1.29 is 4.79 Å². The zero-order valence-corrected chi connectivity index (χ0v) is 12.7. The van der Waals surface area contributed by atoms with E-state index in [4.69, 9.17) is 11.6 Å². The number of likely N-dealkylation sites (tertiary alicyclic amines) is 1. The molecule has 0 unspecified atom stereocenters. The Balaban J connectivity index is 1.84. The molecule has 1 aliphatic carbocycles. The zero-order chi connectivity index (χ0) is 14.0. The maximum Gasteiger partial charge on any atom is 0.233 e. The van der Waals surface area contributed by atoms with Crippen molar-refractivity contribution in [2.75, 3.05) is 13.1 Å². The van der Waals surface area contributed by atoms with Gasteiger partial charge in [0, 0.05) is 18.1 Å². The summed E-state index contributed by atoms with van der Waals surface area (Å²) in [6.45, 7) is 1.88. The van der Waals surface area contributed by atoms with Gasteiger partial charge in [0.05, 0.1) is 5.41 Å². The van der Waals surface area contributed by atoms with E-state index in [2.05, 4.69) is 4.90 Å². The molecule has 2 fully saturated rings. The van der Waals surface area contributed by atoms with Crippen molar-refractivity contribution in [2.45, 2.75) is 50.4 Å². The molecule has 2 aliphatic rings. The van der Waals surface area contributed by atoms with Crippen LogP contribution in [0.15, 0.2) is 24.3 Å². The smallest absolute Gasteiger partial charge is 0.233 e. The lowest BCUT2D eigenvalue weighted by Crippen LogP contribution is -2.51. The molecule has 0 radical (unpaired) electrons. The molecule has 2 nitrogen and oxygen atoms in total. The van der Waals surface area contributed by atoms with Gasteiger partial charge < -0.3 is 4.90 Å². The molecule has 1 saturated heterocycles. The van der Waals surface area contributed by atoms with Gasteiger partial charge in [-0.1, -0.05) is 43.0 Å². The van der Waals surface area contributed by atoms with Crippen molar-refractivity contribution in [1.29, 1.82) is 0 Å². The van der Waals surface area contributed by atoms with Crippen molar-refractivity contribution in [3.8, 4) is 0 Å². The van der Waals surface area contributed by atoms with E-state index in [1.165, 1.54) is 12.8 Å². The highest BCUT2D eigenvalue weighted by molar-refractivity contribution is 6.30. The first-order chi connectivity index (χ1) is 9.72. The van der Waals surface area contributed by atoms with E-state index >= 15 is 0 Å². The van der Waals surface area contributed by atoms with Crippen molar-refractivity contribution in [3.05, 3.63) is 34.9 Å². The number of amides is 1. The quantitative estimate of drug-likeness (QED) is 0.801. The first-order valence-corrected chi connectivity index (χ1v) is 8.16. The fourth-order valence-corrected chi connectivity index (χ4v) is 3.63. The Morgan fingerprint density at radius 3 is 2.05 bits per heavy atom. The summed E-state index contributed by atoms with van der Waals surface area (Å²) in [6, 6.07) is 7.90. The molecule has 3 rings (SSSR count). The van der Waals surface area contributed by atoms with E-state index < -0.39 is 0 Å². The molecule has 1 heterocycles. The van der Waals surface area contributed by atoms with Gasteiger partial charge in [-0.2, -0.15) is 0 Å². The summed E-state index contributed by atoms with van der Waals surface area (Å²) in [4.78, 5) is 15.1. The number of hydrogen-bond donors (Lipinski definition) is 0. The van der Waals surface area contributed by atoms with E-state index in [0.717, 1.165) is 55.8 Å². The van der Waals surface area contributed by atoms with Gasteiger partial charge in [0.2, 0.25) is 5.91 Å². The molecule has 1 saturated carbocycles. The summed E-state index contributed by atoms with van der Waals surface area (Å²) < 4.78 is 0. The van der Waals surface area contributed by atoms with Crippen LogP contribution < -0.4 is 0 Å². The summed E-state index contributed by atoms with van der Waals surface area (Å²) in [5.41, 5.74) is 0.900. The predicted octanol–water partition coefficient (Wildman–Crippen LogP) is 4.16. The molecule has 0 atom stereocenters. The summed E-state index contributed by atoms with van der Waals surface area (Å²) in [5.74, 6) is 0.355. The van der Waals surface area contributed by atoms with Gasteiger partial charge in [-0.3, -0.25) is 4.79 Å². The molecule has 0 spiro atoms. The normalized spacial score (nSPS) is 21.9. The topological polar surface area (TPSA) is 20.3 Å². The van der Waals surface area contributed by atoms with Gasteiger partial charge in [-0.25, -0.2) is 0 Å². The van der Waals surface area contributed by atoms with E-state index in [1.54, 1.807) is 0 Å². The average Bonchev–Trinajstić information content (AvgIpc) is 2.68. The van der Waals surface area contributed by atoms with Crippen LogP contribution in [0.2, 0.25) is 5.02 Å². The molecule has 1 amide bonds. The molecule has 1 aromatic rings. The van der Waals surface area contributed by atoms with Gasteiger partial charge in [-0.15, -0.1) is 0 Å². The maximum absolute atomic E-state index is 13.0. The number of benzene rings is 1. The van der Waals surface area contributed by atoms with Crippen LogP contribution >= 0.6 is 11.6 Å². The minimum Gasteiger partial charge on any atom is -0.342 e. The second kappa shape index (κ2) is 5.77. The third kappa shape index (κ3) is 2.46. The molecule has 20 heavy (non-hydrogen) atoms. The Bertz CT molecular complexity index is 470. The molecule has 0 N–H and O–H groups in total. The van der Waals surface area contributed by atoms with Crippen LogP contribution in [0.3, 0.4) is 0 Å². The first-order valence-electron chi connectivity index (χ1n) is 7.78. The second-order valence-electron chi connectivity index (χ2n) is 6.15. The molecule has 1 aliphatic heterocycles. The third-order valence-corrected chi connectivity index (χ3v) is 5.16. The van der Waals surface area contributed by atoms with Crippen LogP contribution in [0.1, 0.15) is 50.5 Å². The highest BCUT2D eigenvalue weighted by Crippen LogP contribution is 2.45. The Morgan fingerprint density at radius 2 is 1.55 bits per heavy atom. The molecule has 108 valence electrons. The fraction of sp³-hybridized carbons (Fsp3) is 0.588. The lowest BCUT2D eigenvalue weighted by Gasteiger charge is -2.44. The fourth-order valence-electron chi connectivity index (χ4n) is 3.50.